The van der Waals surface area contributed by atoms with E-state index in [4.69, 9.17) is 4.74 Å². The molecule has 3 aromatic rings. The smallest absolute Gasteiger partial charge is 0.180 e. The van der Waals surface area contributed by atoms with Crippen molar-refractivity contribution < 1.29 is 4.74 Å². The van der Waals surface area contributed by atoms with Crippen molar-refractivity contribution in [3.63, 3.8) is 0 Å². The largest absolute Gasteiger partial charge is 0.494 e. The lowest BCUT2D eigenvalue weighted by molar-refractivity contribution is 0.414. The van der Waals surface area contributed by atoms with Crippen LogP contribution in [0.1, 0.15) is 0 Å². The Labute approximate surface area is 116 Å². The molecule has 20 heavy (non-hydrogen) atoms. The van der Waals surface area contributed by atoms with E-state index in [0.717, 1.165) is 22.7 Å². The number of fused-ring (bicyclic) bond motifs is 1. The second-order valence-corrected chi connectivity index (χ2v) is 4.60. The summed E-state index contributed by atoms with van der Waals surface area (Å²) in [6, 6.07) is 5.79. The van der Waals surface area contributed by atoms with Crippen LogP contribution in [0.2, 0.25) is 0 Å². The Balaban J connectivity index is 2.13. The molecule has 0 radical (unpaired) electrons. The van der Waals surface area contributed by atoms with E-state index in [2.05, 4.69) is 19.9 Å². The summed E-state index contributed by atoms with van der Waals surface area (Å²) in [5.41, 5.74) is 2.45. The second kappa shape index (κ2) is 4.80. The zero-order valence-corrected chi connectivity index (χ0v) is 11.6. The number of H-pyrrole nitrogens is 1. The van der Waals surface area contributed by atoms with Gasteiger partial charge in [-0.15, -0.1) is 0 Å². The van der Waals surface area contributed by atoms with Crippen LogP contribution in [0.4, 0.5) is 5.82 Å². The average Bonchev–Trinajstić information content (AvgIpc) is 2.89. The van der Waals surface area contributed by atoms with E-state index in [-0.39, 0.29) is 0 Å². The summed E-state index contributed by atoms with van der Waals surface area (Å²) in [6.45, 7) is 0. The number of anilines is 1. The fraction of sp³-hybridized carbons (Fsp3) is 0.214. The van der Waals surface area contributed by atoms with Crippen molar-refractivity contribution >= 4 is 17.0 Å². The number of pyridine rings is 2. The van der Waals surface area contributed by atoms with Crippen LogP contribution < -0.4 is 9.64 Å². The van der Waals surface area contributed by atoms with Gasteiger partial charge in [-0.3, -0.25) is 4.98 Å². The first-order valence-corrected chi connectivity index (χ1v) is 6.21. The van der Waals surface area contributed by atoms with E-state index in [1.807, 2.05) is 37.2 Å². The van der Waals surface area contributed by atoms with E-state index in [9.17, 15) is 0 Å². The van der Waals surface area contributed by atoms with Gasteiger partial charge in [-0.25, -0.2) is 9.97 Å². The molecule has 6 nitrogen and oxygen atoms in total. The molecule has 3 rings (SSSR count). The molecule has 0 aromatic carbocycles. The highest BCUT2D eigenvalue weighted by Gasteiger charge is 2.11. The molecule has 0 amide bonds. The summed E-state index contributed by atoms with van der Waals surface area (Å²) in [7, 11) is 5.52. The van der Waals surface area contributed by atoms with Crippen LogP contribution in [0.3, 0.4) is 0 Å². The molecular formula is C14H15N5O. The van der Waals surface area contributed by atoms with Crippen molar-refractivity contribution in [3.05, 3.63) is 30.6 Å². The Morgan fingerprint density at radius 2 is 2.00 bits per heavy atom. The first-order chi connectivity index (χ1) is 9.69. The van der Waals surface area contributed by atoms with Crippen molar-refractivity contribution in [2.45, 2.75) is 0 Å². The van der Waals surface area contributed by atoms with Gasteiger partial charge in [-0.2, -0.15) is 0 Å². The minimum absolute atomic E-state index is 0.680. The monoisotopic (exact) mass is 269 g/mol. The summed E-state index contributed by atoms with van der Waals surface area (Å²) in [5, 5.41) is 0. The minimum atomic E-state index is 0.680. The van der Waals surface area contributed by atoms with Crippen molar-refractivity contribution in [3.8, 4) is 17.1 Å². The van der Waals surface area contributed by atoms with Gasteiger partial charge in [0.25, 0.3) is 0 Å². The number of aromatic nitrogens is 4. The molecule has 6 heteroatoms. The van der Waals surface area contributed by atoms with Crippen molar-refractivity contribution in [2.24, 2.45) is 0 Å². The number of ether oxygens (including phenoxy) is 1. The van der Waals surface area contributed by atoms with Gasteiger partial charge in [0.15, 0.2) is 5.65 Å². The van der Waals surface area contributed by atoms with Gasteiger partial charge in [0.2, 0.25) is 0 Å². The van der Waals surface area contributed by atoms with Gasteiger partial charge in [-0.1, -0.05) is 0 Å². The highest BCUT2D eigenvalue weighted by molar-refractivity contribution is 5.78. The topological polar surface area (TPSA) is 66.9 Å². The molecule has 1 N–H and O–H groups in total. The Bertz CT molecular complexity index is 750. The third-order valence-electron chi connectivity index (χ3n) is 3.05. The van der Waals surface area contributed by atoms with Gasteiger partial charge in [-0.05, 0) is 18.2 Å². The highest BCUT2D eigenvalue weighted by atomic mass is 16.5. The molecule has 102 valence electrons. The zero-order valence-electron chi connectivity index (χ0n) is 11.6. The van der Waals surface area contributed by atoms with Crippen molar-refractivity contribution in [1.29, 1.82) is 0 Å². The molecule has 0 fully saturated rings. The molecule has 0 aliphatic carbocycles. The van der Waals surface area contributed by atoms with E-state index in [1.54, 1.807) is 19.5 Å². The highest BCUT2D eigenvalue weighted by Crippen LogP contribution is 2.28. The number of imidazole rings is 1. The molecular weight excluding hydrogens is 254 g/mol. The summed E-state index contributed by atoms with van der Waals surface area (Å²) in [6.07, 6.45) is 3.38. The zero-order chi connectivity index (χ0) is 14.1. The van der Waals surface area contributed by atoms with E-state index in [1.165, 1.54) is 0 Å². The summed E-state index contributed by atoms with van der Waals surface area (Å²) in [5.74, 6) is 2.28. The first-order valence-electron chi connectivity index (χ1n) is 6.21. The summed E-state index contributed by atoms with van der Waals surface area (Å²) >= 11 is 0. The van der Waals surface area contributed by atoms with Gasteiger partial charge >= 0.3 is 0 Å². The molecule has 3 heterocycles. The second-order valence-electron chi connectivity index (χ2n) is 4.60. The molecule has 0 saturated carbocycles. The molecule has 3 aromatic heterocycles. The SMILES string of the molecule is COc1cnccc1-c1nc2nc(N(C)C)ccc2[nH]1. The molecule has 0 atom stereocenters. The number of hydrogen-bond acceptors (Lipinski definition) is 5. The Morgan fingerprint density at radius 1 is 1.15 bits per heavy atom. The van der Waals surface area contributed by atoms with Crippen LogP contribution in [0, 0.1) is 0 Å². The Morgan fingerprint density at radius 3 is 2.75 bits per heavy atom. The maximum Gasteiger partial charge on any atom is 0.180 e. The van der Waals surface area contributed by atoms with Gasteiger partial charge in [0.1, 0.15) is 17.4 Å². The fourth-order valence-electron chi connectivity index (χ4n) is 2.00. The van der Waals surface area contributed by atoms with Gasteiger partial charge in [0.05, 0.1) is 24.4 Å². The van der Waals surface area contributed by atoms with E-state index >= 15 is 0 Å². The van der Waals surface area contributed by atoms with Crippen molar-refractivity contribution in [2.75, 3.05) is 26.1 Å². The lowest BCUT2D eigenvalue weighted by Crippen LogP contribution is -2.10. The molecule has 0 aliphatic rings. The quantitative estimate of drug-likeness (QED) is 0.788. The fourth-order valence-corrected chi connectivity index (χ4v) is 2.00. The number of rotatable bonds is 3. The van der Waals surface area contributed by atoms with E-state index < -0.39 is 0 Å². The molecule has 0 aliphatic heterocycles. The minimum Gasteiger partial charge on any atom is -0.494 e. The standard InChI is InChI=1S/C14H15N5O/c1-19(2)12-5-4-10-14(17-12)18-13(16-10)9-6-7-15-8-11(9)20-3/h4-8H,1-3H3,(H,16,17,18). The van der Waals surface area contributed by atoms with Crippen LogP contribution in [0.15, 0.2) is 30.6 Å². The number of nitrogens with zero attached hydrogens (tertiary/aromatic N) is 4. The Kier molecular flexibility index (Phi) is 2.98. The molecule has 0 saturated heterocycles. The number of nitrogens with one attached hydrogen (secondary N) is 1. The Hall–Kier alpha value is -2.63. The number of aromatic amines is 1. The third-order valence-corrected chi connectivity index (χ3v) is 3.05. The van der Waals surface area contributed by atoms with Crippen LogP contribution in [0.5, 0.6) is 5.75 Å². The van der Waals surface area contributed by atoms with Gasteiger partial charge in [0, 0.05) is 20.3 Å². The van der Waals surface area contributed by atoms with Crippen LogP contribution in [-0.4, -0.2) is 41.1 Å². The average molecular weight is 269 g/mol. The molecule has 0 bridgehead atoms. The molecule has 0 spiro atoms. The summed E-state index contributed by atoms with van der Waals surface area (Å²) in [4.78, 5) is 18.3. The normalized spacial score (nSPS) is 10.8. The lowest BCUT2D eigenvalue weighted by atomic mass is 10.2. The predicted octanol–water partition coefficient (Wildman–Crippen LogP) is 2.09. The van der Waals surface area contributed by atoms with Gasteiger partial charge < -0.3 is 14.6 Å². The third kappa shape index (κ3) is 2.05. The van der Waals surface area contributed by atoms with Crippen LogP contribution in [0.25, 0.3) is 22.6 Å². The van der Waals surface area contributed by atoms with Crippen molar-refractivity contribution in [1.82, 2.24) is 19.9 Å². The maximum atomic E-state index is 5.31. The lowest BCUT2D eigenvalue weighted by Gasteiger charge is -2.09. The number of hydrogen-bond donors (Lipinski definition) is 1. The maximum absolute atomic E-state index is 5.31. The number of methoxy groups -OCH3 is 1. The van der Waals surface area contributed by atoms with E-state index in [0.29, 0.717) is 11.4 Å². The predicted molar refractivity (Wildman–Crippen MR) is 78.0 cm³/mol. The molecule has 0 unspecified atom stereocenters. The first kappa shape index (κ1) is 12.4. The summed E-state index contributed by atoms with van der Waals surface area (Å²) < 4.78 is 5.31. The van der Waals surface area contributed by atoms with Crippen LogP contribution in [-0.2, 0) is 0 Å². The van der Waals surface area contributed by atoms with Crippen LogP contribution >= 0.6 is 0 Å².